The van der Waals surface area contributed by atoms with E-state index in [1.54, 1.807) is 12.1 Å². The van der Waals surface area contributed by atoms with Crippen molar-refractivity contribution in [3.8, 4) is 0 Å². The van der Waals surface area contributed by atoms with E-state index in [0.717, 1.165) is 18.4 Å². The Morgan fingerprint density at radius 2 is 1.85 bits per heavy atom. The van der Waals surface area contributed by atoms with E-state index in [0.29, 0.717) is 24.6 Å². The topological polar surface area (TPSA) is 78.4 Å². The van der Waals surface area contributed by atoms with E-state index in [1.165, 1.54) is 6.92 Å². The van der Waals surface area contributed by atoms with Crippen LogP contribution in [-0.4, -0.2) is 29.6 Å². The third-order valence-electron chi connectivity index (χ3n) is 3.52. The molecule has 5 heteroatoms. The zero-order chi connectivity index (χ0) is 14.5. The van der Waals surface area contributed by atoms with Crippen LogP contribution in [0.4, 0.5) is 0 Å². The van der Waals surface area contributed by atoms with Gasteiger partial charge in [0, 0.05) is 25.6 Å². The van der Waals surface area contributed by atoms with Gasteiger partial charge in [-0.1, -0.05) is 12.1 Å². The number of aliphatic hydroxyl groups is 1. The normalized spacial score (nSPS) is 20.9. The molecule has 2 rings (SSSR count). The standard InChI is InChI=1S/C15H20N2O3/c1-10(18)16-8-11-2-4-13(5-3-11)15(20)17-9-12-6-14(19)7-12/h2-5,12,14,19H,6-9H2,1H3,(H,16,18)(H,17,20). The number of hydrogen-bond acceptors (Lipinski definition) is 3. The van der Waals surface area contributed by atoms with E-state index in [-0.39, 0.29) is 17.9 Å². The minimum absolute atomic E-state index is 0.0745. The van der Waals surface area contributed by atoms with Crippen molar-refractivity contribution >= 4 is 11.8 Å². The average Bonchev–Trinajstić information content (AvgIpc) is 2.40. The van der Waals surface area contributed by atoms with Gasteiger partial charge in [-0.2, -0.15) is 0 Å². The number of aliphatic hydroxyl groups excluding tert-OH is 1. The first-order valence-corrected chi connectivity index (χ1v) is 6.84. The highest BCUT2D eigenvalue weighted by atomic mass is 16.3. The second-order valence-corrected chi connectivity index (χ2v) is 5.31. The van der Waals surface area contributed by atoms with Crippen LogP contribution in [0.3, 0.4) is 0 Å². The Bertz CT molecular complexity index is 478. The summed E-state index contributed by atoms with van der Waals surface area (Å²) in [6.45, 7) is 2.56. The highest BCUT2D eigenvalue weighted by Crippen LogP contribution is 2.26. The van der Waals surface area contributed by atoms with Crippen molar-refractivity contribution < 1.29 is 14.7 Å². The molecule has 0 aromatic heterocycles. The van der Waals surface area contributed by atoms with Gasteiger partial charge in [0.1, 0.15) is 0 Å². The second kappa shape index (κ2) is 6.52. The molecular formula is C15H20N2O3. The molecule has 1 aromatic rings. The maximum Gasteiger partial charge on any atom is 0.251 e. The van der Waals surface area contributed by atoms with Gasteiger partial charge in [0.15, 0.2) is 0 Å². The minimum Gasteiger partial charge on any atom is -0.393 e. The molecule has 0 spiro atoms. The summed E-state index contributed by atoms with van der Waals surface area (Å²) < 4.78 is 0. The molecule has 0 unspecified atom stereocenters. The van der Waals surface area contributed by atoms with Crippen LogP contribution in [-0.2, 0) is 11.3 Å². The van der Waals surface area contributed by atoms with Crippen LogP contribution in [0.1, 0.15) is 35.7 Å². The zero-order valence-corrected chi connectivity index (χ0v) is 11.6. The molecular weight excluding hydrogens is 256 g/mol. The van der Waals surface area contributed by atoms with Crippen molar-refractivity contribution in [2.45, 2.75) is 32.4 Å². The van der Waals surface area contributed by atoms with Crippen molar-refractivity contribution in [3.05, 3.63) is 35.4 Å². The quantitative estimate of drug-likeness (QED) is 0.745. The molecule has 2 amide bonds. The molecule has 0 bridgehead atoms. The zero-order valence-electron chi connectivity index (χ0n) is 11.6. The summed E-state index contributed by atoms with van der Waals surface area (Å²) in [4.78, 5) is 22.7. The Morgan fingerprint density at radius 1 is 1.20 bits per heavy atom. The van der Waals surface area contributed by atoms with Crippen LogP contribution in [0, 0.1) is 5.92 Å². The number of amides is 2. The Balaban J connectivity index is 1.79. The van der Waals surface area contributed by atoms with E-state index < -0.39 is 0 Å². The summed E-state index contributed by atoms with van der Waals surface area (Å²) in [5.41, 5.74) is 1.57. The van der Waals surface area contributed by atoms with Crippen LogP contribution >= 0.6 is 0 Å². The molecule has 1 aromatic carbocycles. The van der Waals surface area contributed by atoms with Gasteiger partial charge in [0.2, 0.25) is 5.91 Å². The van der Waals surface area contributed by atoms with Gasteiger partial charge in [0.25, 0.3) is 5.91 Å². The number of nitrogens with one attached hydrogen (secondary N) is 2. The molecule has 20 heavy (non-hydrogen) atoms. The highest BCUT2D eigenvalue weighted by Gasteiger charge is 2.27. The first-order valence-electron chi connectivity index (χ1n) is 6.84. The average molecular weight is 276 g/mol. The fourth-order valence-corrected chi connectivity index (χ4v) is 2.21. The maximum absolute atomic E-state index is 11.9. The molecule has 0 radical (unpaired) electrons. The first-order chi connectivity index (χ1) is 9.54. The molecule has 5 nitrogen and oxygen atoms in total. The Kier molecular flexibility index (Phi) is 4.74. The van der Waals surface area contributed by atoms with Gasteiger partial charge in [0.05, 0.1) is 6.10 Å². The lowest BCUT2D eigenvalue weighted by atomic mass is 9.82. The summed E-state index contributed by atoms with van der Waals surface area (Å²) in [6.07, 6.45) is 1.36. The molecule has 0 heterocycles. The van der Waals surface area contributed by atoms with Crippen LogP contribution < -0.4 is 10.6 Å². The van der Waals surface area contributed by atoms with Gasteiger partial charge in [-0.05, 0) is 36.5 Å². The number of carbonyl (C=O) groups is 2. The van der Waals surface area contributed by atoms with E-state index in [1.807, 2.05) is 12.1 Å². The Morgan fingerprint density at radius 3 is 2.40 bits per heavy atom. The van der Waals surface area contributed by atoms with E-state index in [4.69, 9.17) is 0 Å². The number of rotatable bonds is 5. The molecule has 1 saturated carbocycles. The summed E-state index contributed by atoms with van der Waals surface area (Å²) in [7, 11) is 0. The number of carbonyl (C=O) groups excluding carboxylic acids is 2. The lowest BCUT2D eigenvalue weighted by Crippen LogP contribution is -2.38. The fourth-order valence-electron chi connectivity index (χ4n) is 2.21. The van der Waals surface area contributed by atoms with E-state index in [9.17, 15) is 14.7 Å². The van der Waals surface area contributed by atoms with Crippen molar-refractivity contribution in [1.29, 1.82) is 0 Å². The van der Waals surface area contributed by atoms with Crippen LogP contribution in [0.25, 0.3) is 0 Å². The molecule has 0 saturated heterocycles. The van der Waals surface area contributed by atoms with Gasteiger partial charge < -0.3 is 15.7 Å². The minimum atomic E-state index is -0.190. The van der Waals surface area contributed by atoms with Crippen molar-refractivity contribution in [1.82, 2.24) is 10.6 Å². The molecule has 1 aliphatic rings. The number of hydrogen-bond donors (Lipinski definition) is 3. The second-order valence-electron chi connectivity index (χ2n) is 5.31. The van der Waals surface area contributed by atoms with E-state index >= 15 is 0 Å². The smallest absolute Gasteiger partial charge is 0.251 e. The lowest BCUT2D eigenvalue weighted by Gasteiger charge is -2.31. The predicted octanol–water partition coefficient (Wildman–Crippen LogP) is 0.823. The van der Waals surface area contributed by atoms with Crippen LogP contribution in [0.5, 0.6) is 0 Å². The molecule has 3 N–H and O–H groups in total. The highest BCUT2D eigenvalue weighted by molar-refractivity contribution is 5.94. The van der Waals surface area contributed by atoms with E-state index in [2.05, 4.69) is 10.6 Å². The Hall–Kier alpha value is -1.88. The lowest BCUT2D eigenvalue weighted by molar-refractivity contribution is -0.119. The van der Waals surface area contributed by atoms with Crippen LogP contribution in [0.15, 0.2) is 24.3 Å². The van der Waals surface area contributed by atoms with Gasteiger partial charge >= 0.3 is 0 Å². The largest absolute Gasteiger partial charge is 0.393 e. The van der Waals surface area contributed by atoms with Crippen LogP contribution in [0.2, 0.25) is 0 Å². The van der Waals surface area contributed by atoms with Crippen molar-refractivity contribution in [2.24, 2.45) is 5.92 Å². The van der Waals surface area contributed by atoms with Crippen molar-refractivity contribution in [2.75, 3.05) is 6.54 Å². The number of benzene rings is 1. The molecule has 0 aliphatic heterocycles. The predicted molar refractivity (Wildman–Crippen MR) is 75.0 cm³/mol. The summed E-state index contributed by atoms with van der Waals surface area (Å²) in [5, 5.41) is 14.8. The molecule has 1 aliphatic carbocycles. The monoisotopic (exact) mass is 276 g/mol. The van der Waals surface area contributed by atoms with Gasteiger partial charge in [-0.3, -0.25) is 9.59 Å². The third kappa shape index (κ3) is 4.06. The molecule has 1 fully saturated rings. The first kappa shape index (κ1) is 14.5. The summed E-state index contributed by atoms with van der Waals surface area (Å²) in [6, 6.07) is 7.17. The van der Waals surface area contributed by atoms with Crippen molar-refractivity contribution in [3.63, 3.8) is 0 Å². The molecule has 108 valence electrons. The van der Waals surface area contributed by atoms with Gasteiger partial charge in [-0.15, -0.1) is 0 Å². The summed E-state index contributed by atoms with van der Waals surface area (Å²) in [5.74, 6) is 0.222. The maximum atomic E-state index is 11.9. The molecule has 0 atom stereocenters. The summed E-state index contributed by atoms with van der Waals surface area (Å²) >= 11 is 0. The fraction of sp³-hybridized carbons (Fsp3) is 0.467. The third-order valence-corrected chi connectivity index (χ3v) is 3.52. The SMILES string of the molecule is CC(=O)NCc1ccc(C(=O)NCC2CC(O)C2)cc1. The Labute approximate surface area is 118 Å². The van der Waals surface area contributed by atoms with Gasteiger partial charge in [-0.25, -0.2) is 0 Å².